The number of ether oxygens (including phenoxy) is 2. The minimum absolute atomic E-state index is 0.0976. The molecule has 2 rings (SSSR count). The molecule has 0 unspecified atom stereocenters. The summed E-state index contributed by atoms with van der Waals surface area (Å²) in [5.74, 6) is 0.0790. The van der Waals surface area contributed by atoms with Gasteiger partial charge in [-0.25, -0.2) is 18.6 Å². The van der Waals surface area contributed by atoms with Gasteiger partial charge in [0.25, 0.3) is 0 Å². The molecule has 0 atom stereocenters. The summed E-state index contributed by atoms with van der Waals surface area (Å²) in [5.41, 5.74) is -0.0715. The summed E-state index contributed by atoms with van der Waals surface area (Å²) in [6.45, 7) is 6.95. The molecular formula is C20H26F2N2O4. The number of halogens is 2. The Balaban J connectivity index is 1.96. The molecule has 0 radical (unpaired) electrons. The van der Waals surface area contributed by atoms with E-state index in [-0.39, 0.29) is 35.6 Å². The average molecular weight is 396 g/mol. The Kier molecular flexibility index (Phi) is 7.37. The van der Waals surface area contributed by atoms with Gasteiger partial charge in [-0.2, -0.15) is 0 Å². The number of carbonyl (C=O) groups is 1. The van der Waals surface area contributed by atoms with Crippen molar-refractivity contribution in [3.63, 3.8) is 0 Å². The van der Waals surface area contributed by atoms with Crippen molar-refractivity contribution >= 4 is 17.2 Å². The first-order valence-corrected chi connectivity index (χ1v) is 9.18. The summed E-state index contributed by atoms with van der Waals surface area (Å²) >= 11 is 0. The van der Waals surface area contributed by atoms with Crippen molar-refractivity contribution in [3.8, 4) is 5.75 Å². The molecule has 2 aromatic rings. The third-order valence-electron chi connectivity index (χ3n) is 3.65. The van der Waals surface area contributed by atoms with E-state index in [1.54, 1.807) is 20.8 Å². The van der Waals surface area contributed by atoms with Crippen molar-refractivity contribution in [2.45, 2.75) is 52.6 Å². The molecule has 0 spiro atoms. The van der Waals surface area contributed by atoms with Crippen molar-refractivity contribution < 1.29 is 27.5 Å². The lowest BCUT2D eigenvalue weighted by Gasteiger charge is -2.20. The third-order valence-corrected chi connectivity index (χ3v) is 3.65. The molecule has 1 aromatic heterocycles. The molecular weight excluding hydrogens is 370 g/mol. The van der Waals surface area contributed by atoms with Gasteiger partial charge in [-0.1, -0.05) is 13.3 Å². The highest BCUT2D eigenvalue weighted by atomic mass is 19.1. The maximum Gasteiger partial charge on any atom is 0.407 e. The molecule has 0 saturated carbocycles. The smallest absolute Gasteiger partial charge is 0.407 e. The van der Waals surface area contributed by atoms with Crippen molar-refractivity contribution in [2.75, 3.05) is 13.2 Å². The molecule has 1 amide bonds. The summed E-state index contributed by atoms with van der Waals surface area (Å²) in [4.78, 5) is 15.8. The van der Waals surface area contributed by atoms with Crippen LogP contribution in [0.2, 0.25) is 0 Å². The molecule has 0 aliphatic carbocycles. The fourth-order valence-electron chi connectivity index (χ4n) is 2.33. The molecule has 0 bridgehead atoms. The summed E-state index contributed by atoms with van der Waals surface area (Å²) in [6, 6.07) is 2.68. The normalized spacial score (nSPS) is 12.3. The number of aryl methyl sites for hydroxylation is 1. The molecule has 154 valence electrons. The second-order valence-electron chi connectivity index (χ2n) is 7.37. The maximum absolute atomic E-state index is 14.2. The number of carbonyl (C=O) groups excluding carboxylic acids is 1. The van der Waals surface area contributed by atoms with E-state index >= 15 is 0 Å². The van der Waals surface area contributed by atoms with E-state index < -0.39 is 17.5 Å². The van der Waals surface area contributed by atoms with Gasteiger partial charge in [0.15, 0.2) is 17.3 Å². The van der Waals surface area contributed by atoms with Crippen LogP contribution in [-0.4, -0.2) is 29.8 Å². The van der Waals surface area contributed by atoms with Crippen LogP contribution in [0.15, 0.2) is 28.5 Å². The maximum atomic E-state index is 14.2. The molecule has 0 aliphatic heterocycles. The minimum Gasteiger partial charge on any atom is -0.489 e. The van der Waals surface area contributed by atoms with E-state index in [1.807, 2.05) is 6.92 Å². The lowest BCUT2D eigenvalue weighted by atomic mass is 10.2. The van der Waals surface area contributed by atoms with Crippen LogP contribution in [0.25, 0.3) is 11.1 Å². The van der Waals surface area contributed by atoms with Gasteiger partial charge in [0, 0.05) is 30.7 Å². The van der Waals surface area contributed by atoms with E-state index in [4.69, 9.17) is 13.9 Å². The first kappa shape index (κ1) is 21.7. The first-order valence-electron chi connectivity index (χ1n) is 9.18. The Labute approximate surface area is 162 Å². The van der Waals surface area contributed by atoms with Crippen LogP contribution < -0.4 is 10.1 Å². The standard InChI is InChI=1S/C20H26F2N2O4/c1-5-6-7-17-24-18-15(22)8-14(9-16(18)27-17)26-12-13(10-21)11-23-19(25)28-20(2,3)4/h8-10H,5-7,11-12H2,1-4H3,(H,23,25)/b13-10+. The lowest BCUT2D eigenvalue weighted by molar-refractivity contribution is 0.0531. The van der Waals surface area contributed by atoms with Gasteiger partial charge < -0.3 is 19.2 Å². The van der Waals surface area contributed by atoms with Gasteiger partial charge in [-0.3, -0.25) is 0 Å². The quantitative estimate of drug-likeness (QED) is 0.675. The molecule has 1 aromatic carbocycles. The largest absolute Gasteiger partial charge is 0.489 e. The number of benzene rings is 1. The van der Waals surface area contributed by atoms with Crippen LogP contribution in [0, 0.1) is 5.82 Å². The number of nitrogens with zero attached hydrogens (tertiary/aromatic N) is 1. The second-order valence-corrected chi connectivity index (χ2v) is 7.37. The zero-order valence-electron chi connectivity index (χ0n) is 16.6. The number of hydrogen-bond donors (Lipinski definition) is 1. The monoisotopic (exact) mass is 396 g/mol. The van der Waals surface area contributed by atoms with Gasteiger partial charge >= 0.3 is 6.09 Å². The number of rotatable bonds is 8. The van der Waals surface area contributed by atoms with Crippen molar-refractivity contribution in [2.24, 2.45) is 0 Å². The molecule has 0 fully saturated rings. The molecule has 28 heavy (non-hydrogen) atoms. The highest BCUT2D eigenvalue weighted by Gasteiger charge is 2.16. The van der Waals surface area contributed by atoms with Crippen LogP contribution in [0.1, 0.15) is 46.4 Å². The minimum atomic E-state index is -0.666. The van der Waals surface area contributed by atoms with Gasteiger partial charge in [0.05, 0.1) is 6.33 Å². The lowest BCUT2D eigenvalue weighted by Crippen LogP contribution is -2.34. The van der Waals surface area contributed by atoms with Crippen LogP contribution in [0.4, 0.5) is 13.6 Å². The number of aromatic nitrogens is 1. The molecule has 8 heteroatoms. The van der Waals surface area contributed by atoms with Crippen LogP contribution in [0.5, 0.6) is 5.75 Å². The van der Waals surface area contributed by atoms with Crippen molar-refractivity contribution in [3.05, 3.63) is 35.7 Å². The fourth-order valence-corrected chi connectivity index (χ4v) is 2.33. The van der Waals surface area contributed by atoms with E-state index in [0.29, 0.717) is 18.6 Å². The topological polar surface area (TPSA) is 73.6 Å². The van der Waals surface area contributed by atoms with Crippen molar-refractivity contribution in [1.29, 1.82) is 0 Å². The molecule has 0 saturated heterocycles. The predicted octanol–water partition coefficient (Wildman–Crippen LogP) is 5.07. The number of amides is 1. The molecule has 1 heterocycles. The highest BCUT2D eigenvalue weighted by molar-refractivity contribution is 5.75. The number of hydrogen-bond acceptors (Lipinski definition) is 5. The SMILES string of the molecule is CCCCc1nc2c(F)cc(OC/C(=C/F)CNC(=O)OC(C)(C)C)cc2o1. The van der Waals surface area contributed by atoms with Gasteiger partial charge in [-0.05, 0) is 27.2 Å². The molecule has 1 N–H and O–H groups in total. The highest BCUT2D eigenvalue weighted by Crippen LogP contribution is 2.26. The summed E-state index contributed by atoms with van der Waals surface area (Å²) in [7, 11) is 0. The number of unbranched alkanes of at least 4 members (excludes halogenated alkanes) is 1. The Morgan fingerprint density at radius 3 is 2.75 bits per heavy atom. The summed E-state index contributed by atoms with van der Waals surface area (Å²) in [5, 5.41) is 2.44. The second kappa shape index (κ2) is 9.52. The molecule has 0 aliphatic rings. The van der Waals surface area contributed by atoms with E-state index in [2.05, 4.69) is 10.3 Å². The average Bonchev–Trinajstić information content (AvgIpc) is 3.02. The van der Waals surface area contributed by atoms with Gasteiger partial charge in [-0.15, -0.1) is 0 Å². The molecule has 6 nitrogen and oxygen atoms in total. The first-order chi connectivity index (χ1) is 13.2. The summed E-state index contributed by atoms with van der Waals surface area (Å²) < 4.78 is 43.4. The predicted molar refractivity (Wildman–Crippen MR) is 102 cm³/mol. The number of nitrogens with one attached hydrogen (secondary N) is 1. The van der Waals surface area contributed by atoms with Crippen LogP contribution >= 0.6 is 0 Å². The Morgan fingerprint density at radius 1 is 1.36 bits per heavy atom. The van der Waals surface area contributed by atoms with Crippen LogP contribution in [-0.2, 0) is 11.2 Å². The third kappa shape index (κ3) is 6.51. The zero-order valence-corrected chi connectivity index (χ0v) is 16.6. The van der Waals surface area contributed by atoms with E-state index in [0.717, 1.165) is 12.8 Å². The Morgan fingerprint density at radius 2 is 2.11 bits per heavy atom. The number of alkyl carbamates (subject to hydrolysis) is 1. The van der Waals surface area contributed by atoms with E-state index in [9.17, 15) is 13.6 Å². The fraction of sp³-hybridized carbons (Fsp3) is 0.500. The Hall–Kier alpha value is -2.64. The number of fused-ring (bicyclic) bond motifs is 1. The zero-order chi connectivity index (χ0) is 20.7. The number of oxazole rings is 1. The van der Waals surface area contributed by atoms with E-state index in [1.165, 1.54) is 12.1 Å². The van der Waals surface area contributed by atoms with Gasteiger partial charge in [0.1, 0.15) is 23.5 Å². The van der Waals surface area contributed by atoms with Crippen LogP contribution in [0.3, 0.4) is 0 Å². The summed E-state index contributed by atoms with van der Waals surface area (Å²) in [6.07, 6.45) is 2.17. The van der Waals surface area contributed by atoms with Gasteiger partial charge in [0.2, 0.25) is 0 Å². The van der Waals surface area contributed by atoms with Crippen molar-refractivity contribution in [1.82, 2.24) is 10.3 Å². The Bertz CT molecular complexity index is 841.